The summed E-state index contributed by atoms with van der Waals surface area (Å²) in [6.45, 7) is 3.19. The minimum absolute atomic E-state index is 0.224. The molecule has 0 fully saturated rings. The van der Waals surface area contributed by atoms with Crippen LogP contribution in [0.5, 0.6) is 0 Å². The molecule has 114 valence electrons. The van der Waals surface area contributed by atoms with Crippen LogP contribution >= 0.6 is 0 Å². The molecule has 1 aliphatic heterocycles. The summed E-state index contributed by atoms with van der Waals surface area (Å²) in [5.74, 6) is 0.435. The van der Waals surface area contributed by atoms with Crippen LogP contribution in [0.2, 0.25) is 0 Å². The fraction of sp³-hybridized carbons (Fsp3) is 0.188. The lowest BCUT2D eigenvalue weighted by Crippen LogP contribution is -2.35. The zero-order valence-electron chi connectivity index (χ0n) is 12.2. The van der Waals surface area contributed by atoms with Gasteiger partial charge in [-0.05, 0) is 31.2 Å². The molecule has 2 aromatic carbocycles. The van der Waals surface area contributed by atoms with Crippen LogP contribution in [0, 0.1) is 0 Å². The first-order valence-electron chi connectivity index (χ1n) is 7.10. The van der Waals surface area contributed by atoms with Crippen molar-refractivity contribution in [3.63, 3.8) is 0 Å². The summed E-state index contributed by atoms with van der Waals surface area (Å²) >= 11 is 0. The number of rotatable bonds is 4. The van der Waals surface area contributed by atoms with Gasteiger partial charge in [0.05, 0.1) is 12.2 Å². The van der Waals surface area contributed by atoms with E-state index >= 15 is 0 Å². The van der Waals surface area contributed by atoms with E-state index in [9.17, 15) is 8.42 Å². The molecule has 0 radical (unpaired) electrons. The van der Waals surface area contributed by atoms with Gasteiger partial charge < -0.3 is 10.2 Å². The molecule has 2 aromatic rings. The second-order valence-corrected chi connectivity index (χ2v) is 6.56. The standard InChI is InChI=1S/C16H17N3O2S/c1-2-19(13-8-4-3-5-9-13)12-16-17-14-10-6-7-11-15(14)22(20,21)18-16/h3-11H,2,12H2,1H3,(H,17,18). The third kappa shape index (κ3) is 2.82. The Bertz CT molecular complexity index is 801. The number of nitrogens with one attached hydrogen (secondary N) is 1. The van der Waals surface area contributed by atoms with Gasteiger partial charge in [-0.15, -0.1) is 4.40 Å². The van der Waals surface area contributed by atoms with Crippen molar-refractivity contribution in [3.05, 3.63) is 54.6 Å². The summed E-state index contributed by atoms with van der Waals surface area (Å²) < 4.78 is 28.4. The molecule has 0 bridgehead atoms. The maximum atomic E-state index is 12.2. The third-order valence-corrected chi connectivity index (χ3v) is 4.89. The number of para-hydroxylation sites is 2. The fourth-order valence-corrected chi connectivity index (χ4v) is 3.58. The van der Waals surface area contributed by atoms with E-state index in [2.05, 4.69) is 14.6 Å². The van der Waals surface area contributed by atoms with Gasteiger partial charge in [0.15, 0.2) is 0 Å². The Hall–Kier alpha value is -2.34. The topological polar surface area (TPSA) is 61.8 Å². The summed E-state index contributed by atoms with van der Waals surface area (Å²) in [6, 6.07) is 16.7. The number of fused-ring (bicyclic) bond motifs is 1. The van der Waals surface area contributed by atoms with Gasteiger partial charge in [-0.1, -0.05) is 30.3 Å². The molecule has 0 spiro atoms. The zero-order valence-corrected chi connectivity index (χ0v) is 13.0. The van der Waals surface area contributed by atoms with Crippen molar-refractivity contribution in [2.24, 2.45) is 4.40 Å². The molecular weight excluding hydrogens is 298 g/mol. The number of nitrogens with zero attached hydrogens (tertiary/aromatic N) is 2. The van der Waals surface area contributed by atoms with Crippen molar-refractivity contribution in [2.75, 3.05) is 23.3 Å². The predicted octanol–water partition coefficient (Wildman–Crippen LogP) is 2.73. The molecule has 0 saturated heterocycles. The quantitative estimate of drug-likeness (QED) is 0.942. The third-order valence-electron chi connectivity index (χ3n) is 3.52. The maximum absolute atomic E-state index is 12.2. The second kappa shape index (κ2) is 5.81. The van der Waals surface area contributed by atoms with E-state index in [4.69, 9.17) is 0 Å². The highest BCUT2D eigenvalue weighted by molar-refractivity contribution is 7.90. The van der Waals surface area contributed by atoms with Crippen LogP contribution in [0.15, 0.2) is 63.9 Å². The number of likely N-dealkylation sites (N-methyl/N-ethyl adjacent to an activating group) is 1. The van der Waals surface area contributed by atoms with Crippen LogP contribution in [0.3, 0.4) is 0 Å². The molecule has 0 atom stereocenters. The normalized spacial score (nSPS) is 15.4. The number of sulfonamides is 1. The molecule has 0 amide bonds. The molecule has 0 unspecified atom stereocenters. The van der Waals surface area contributed by atoms with E-state index in [1.807, 2.05) is 37.3 Å². The van der Waals surface area contributed by atoms with Gasteiger partial charge in [-0.3, -0.25) is 0 Å². The molecule has 0 aliphatic carbocycles. The highest BCUT2D eigenvalue weighted by atomic mass is 32.2. The molecule has 0 aromatic heterocycles. The number of hydrogen-bond donors (Lipinski definition) is 1. The molecule has 6 heteroatoms. The van der Waals surface area contributed by atoms with Crippen molar-refractivity contribution in [1.82, 2.24) is 0 Å². The summed E-state index contributed by atoms with van der Waals surface area (Å²) in [6.07, 6.45) is 0. The van der Waals surface area contributed by atoms with Gasteiger partial charge in [0.1, 0.15) is 10.7 Å². The average molecular weight is 315 g/mol. The smallest absolute Gasteiger partial charge is 0.286 e. The Morgan fingerprint density at radius 3 is 2.45 bits per heavy atom. The van der Waals surface area contributed by atoms with Crippen LogP contribution in [-0.4, -0.2) is 27.3 Å². The first-order chi connectivity index (χ1) is 10.6. The minimum Gasteiger partial charge on any atom is -0.364 e. The van der Waals surface area contributed by atoms with E-state index in [0.29, 0.717) is 18.1 Å². The Morgan fingerprint density at radius 2 is 1.73 bits per heavy atom. The number of benzene rings is 2. The van der Waals surface area contributed by atoms with Gasteiger partial charge in [0.25, 0.3) is 10.0 Å². The van der Waals surface area contributed by atoms with Crippen molar-refractivity contribution in [1.29, 1.82) is 0 Å². The molecular formula is C16H17N3O2S. The van der Waals surface area contributed by atoms with E-state index in [1.165, 1.54) is 0 Å². The van der Waals surface area contributed by atoms with Crippen LogP contribution < -0.4 is 10.2 Å². The van der Waals surface area contributed by atoms with Gasteiger partial charge in [0.2, 0.25) is 0 Å². The Labute approximate surface area is 130 Å². The average Bonchev–Trinajstić information content (AvgIpc) is 2.53. The summed E-state index contributed by atoms with van der Waals surface area (Å²) in [7, 11) is -3.63. The lowest BCUT2D eigenvalue weighted by atomic mass is 10.2. The molecule has 1 N–H and O–H groups in total. The molecule has 5 nitrogen and oxygen atoms in total. The summed E-state index contributed by atoms with van der Waals surface area (Å²) in [4.78, 5) is 2.29. The predicted molar refractivity (Wildman–Crippen MR) is 89.0 cm³/mol. The number of hydrogen-bond acceptors (Lipinski definition) is 4. The summed E-state index contributed by atoms with van der Waals surface area (Å²) in [5.41, 5.74) is 1.61. The van der Waals surface area contributed by atoms with Crippen LogP contribution in [-0.2, 0) is 10.0 Å². The maximum Gasteiger partial charge on any atom is 0.286 e. The van der Waals surface area contributed by atoms with Crippen molar-refractivity contribution in [3.8, 4) is 0 Å². The lowest BCUT2D eigenvalue weighted by molar-refractivity contribution is 0.597. The fourth-order valence-electron chi connectivity index (χ4n) is 2.44. The zero-order chi connectivity index (χ0) is 15.6. The lowest BCUT2D eigenvalue weighted by Gasteiger charge is -2.26. The van der Waals surface area contributed by atoms with Crippen LogP contribution in [0.25, 0.3) is 0 Å². The van der Waals surface area contributed by atoms with Crippen LogP contribution in [0.1, 0.15) is 6.92 Å². The van der Waals surface area contributed by atoms with Gasteiger partial charge in [0, 0.05) is 12.2 Å². The van der Waals surface area contributed by atoms with E-state index < -0.39 is 10.0 Å². The van der Waals surface area contributed by atoms with Crippen molar-refractivity contribution >= 4 is 27.2 Å². The van der Waals surface area contributed by atoms with E-state index in [0.717, 1.165) is 12.2 Å². The molecule has 1 heterocycles. The monoisotopic (exact) mass is 315 g/mol. The number of anilines is 2. The van der Waals surface area contributed by atoms with Crippen molar-refractivity contribution < 1.29 is 8.42 Å². The largest absolute Gasteiger partial charge is 0.364 e. The first kappa shape index (κ1) is 14.6. The van der Waals surface area contributed by atoms with Gasteiger partial charge >= 0.3 is 0 Å². The first-order valence-corrected chi connectivity index (χ1v) is 8.54. The van der Waals surface area contributed by atoms with Gasteiger partial charge in [-0.2, -0.15) is 8.42 Å². The van der Waals surface area contributed by atoms with E-state index in [1.54, 1.807) is 24.3 Å². The molecule has 0 saturated carbocycles. The highest BCUT2D eigenvalue weighted by Crippen LogP contribution is 2.27. The Balaban J connectivity index is 1.89. The molecule has 22 heavy (non-hydrogen) atoms. The van der Waals surface area contributed by atoms with Gasteiger partial charge in [-0.25, -0.2) is 0 Å². The number of amidine groups is 1. The molecule has 3 rings (SSSR count). The SMILES string of the molecule is CCN(CC1=NS(=O)(=O)c2ccccc2N1)c1ccccc1. The Kier molecular flexibility index (Phi) is 3.85. The summed E-state index contributed by atoms with van der Waals surface area (Å²) in [5, 5.41) is 3.12. The minimum atomic E-state index is -3.63. The second-order valence-electron chi connectivity index (χ2n) is 4.98. The highest BCUT2D eigenvalue weighted by Gasteiger charge is 2.25. The molecule has 1 aliphatic rings. The Morgan fingerprint density at radius 1 is 1.05 bits per heavy atom. The van der Waals surface area contributed by atoms with E-state index in [-0.39, 0.29) is 4.90 Å². The van der Waals surface area contributed by atoms with Crippen molar-refractivity contribution in [2.45, 2.75) is 11.8 Å². The van der Waals surface area contributed by atoms with Crippen LogP contribution in [0.4, 0.5) is 11.4 Å².